The molecule has 100 valence electrons. The molecular formula is C14H10N2O4. The second-order valence-electron chi connectivity index (χ2n) is 4.28. The van der Waals surface area contributed by atoms with Crippen LogP contribution in [0.2, 0.25) is 0 Å². The number of rotatable bonds is 2. The van der Waals surface area contributed by atoms with E-state index in [1.165, 1.54) is 6.07 Å². The molecule has 1 atom stereocenters. The zero-order valence-corrected chi connectivity index (χ0v) is 10.3. The number of nitro benzene ring substituents is 1. The molecule has 1 aliphatic rings. The van der Waals surface area contributed by atoms with Crippen molar-refractivity contribution in [2.24, 2.45) is 0 Å². The van der Waals surface area contributed by atoms with Crippen LogP contribution in [0.25, 0.3) is 0 Å². The fraction of sp³-hybridized carbons (Fsp3) is 0.0714. The zero-order chi connectivity index (χ0) is 14.1. The Hall–Kier alpha value is -2.89. The summed E-state index contributed by atoms with van der Waals surface area (Å²) < 4.78 is 5.64. The minimum Gasteiger partial charge on any atom is -0.465 e. The van der Waals surface area contributed by atoms with Crippen molar-refractivity contribution in [2.75, 3.05) is 0 Å². The minimum absolute atomic E-state index is 0.0859. The first kappa shape index (κ1) is 12.2. The highest BCUT2D eigenvalue weighted by Crippen LogP contribution is 2.32. The average molecular weight is 270 g/mol. The largest absolute Gasteiger partial charge is 0.465 e. The van der Waals surface area contributed by atoms with Gasteiger partial charge in [0, 0.05) is 6.07 Å². The van der Waals surface area contributed by atoms with E-state index in [2.05, 4.69) is 5.32 Å². The highest BCUT2D eigenvalue weighted by Gasteiger charge is 2.30. The quantitative estimate of drug-likeness (QED) is 0.671. The Morgan fingerprint density at radius 3 is 2.60 bits per heavy atom. The van der Waals surface area contributed by atoms with Crippen LogP contribution in [-0.4, -0.2) is 10.8 Å². The third-order valence-electron chi connectivity index (χ3n) is 3.05. The van der Waals surface area contributed by atoms with Gasteiger partial charge in [-0.25, -0.2) is 0 Å². The number of nitrogens with zero attached hydrogens (tertiary/aromatic N) is 1. The SMILES string of the molecule is O=C1NC(c2ccccc2[N+](=O)[O-])Oc2ccccc21. The smallest absolute Gasteiger partial charge is 0.278 e. The summed E-state index contributed by atoms with van der Waals surface area (Å²) in [7, 11) is 0. The van der Waals surface area contributed by atoms with E-state index in [-0.39, 0.29) is 11.6 Å². The van der Waals surface area contributed by atoms with Gasteiger partial charge in [0.2, 0.25) is 6.23 Å². The maximum atomic E-state index is 12.0. The summed E-state index contributed by atoms with van der Waals surface area (Å²) in [6, 6.07) is 13.0. The van der Waals surface area contributed by atoms with E-state index in [1.807, 2.05) is 0 Å². The highest BCUT2D eigenvalue weighted by molar-refractivity contribution is 5.98. The molecule has 1 heterocycles. The second kappa shape index (κ2) is 4.65. The Bertz CT molecular complexity index is 699. The Labute approximate surface area is 114 Å². The predicted molar refractivity (Wildman–Crippen MR) is 70.4 cm³/mol. The molecule has 1 unspecified atom stereocenters. The van der Waals surface area contributed by atoms with E-state index in [0.29, 0.717) is 16.9 Å². The summed E-state index contributed by atoms with van der Waals surface area (Å²) in [6.07, 6.45) is -0.862. The van der Waals surface area contributed by atoms with Gasteiger partial charge in [-0.15, -0.1) is 0 Å². The molecule has 0 aliphatic carbocycles. The van der Waals surface area contributed by atoms with Crippen molar-refractivity contribution in [1.29, 1.82) is 0 Å². The number of nitrogens with one attached hydrogen (secondary N) is 1. The average Bonchev–Trinajstić information content (AvgIpc) is 2.47. The molecule has 1 amide bonds. The number of carbonyl (C=O) groups is 1. The zero-order valence-electron chi connectivity index (χ0n) is 10.3. The molecule has 3 rings (SSSR count). The van der Waals surface area contributed by atoms with Gasteiger partial charge in [-0.05, 0) is 18.2 Å². The molecule has 0 saturated carbocycles. The first-order valence-corrected chi connectivity index (χ1v) is 5.96. The number of amides is 1. The van der Waals surface area contributed by atoms with Gasteiger partial charge < -0.3 is 10.1 Å². The number of benzene rings is 2. The minimum atomic E-state index is -0.862. The molecule has 1 aliphatic heterocycles. The Balaban J connectivity index is 2.02. The van der Waals surface area contributed by atoms with Gasteiger partial charge in [0.1, 0.15) is 5.75 Å². The Morgan fingerprint density at radius 1 is 1.10 bits per heavy atom. The molecule has 0 aromatic heterocycles. The lowest BCUT2D eigenvalue weighted by atomic mass is 10.1. The number of hydrogen-bond donors (Lipinski definition) is 1. The first-order valence-electron chi connectivity index (χ1n) is 5.96. The van der Waals surface area contributed by atoms with Gasteiger partial charge >= 0.3 is 0 Å². The van der Waals surface area contributed by atoms with Crippen molar-refractivity contribution in [3.05, 3.63) is 69.8 Å². The van der Waals surface area contributed by atoms with Crippen LogP contribution in [0, 0.1) is 10.1 Å². The molecule has 2 aromatic rings. The molecule has 1 N–H and O–H groups in total. The predicted octanol–water partition coefficient (Wildman–Crippen LogP) is 2.42. The van der Waals surface area contributed by atoms with E-state index in [4.69, 9.17) is 4.74 Å². The van der Waals surface area contributed by atoms with Crippen molar-refractivity contribution in [3.63, 3.8) is 0 Å². The summed E-state index contributed by atoms with van der Waals surface area (Å²) in [5.74, 6) is 0.106. The normalized spacial score (nSPS) is 16.8. The Morgan fingerprint density at radius 2 is 1.80 bits per heavy atom. The monoisotopic (exact) mass is 270 g/mol. The fourth-order valence-corrected chi connectivity index (χ4v) is 2.13. The first-order chi connectivity index (χ1) is 9.66. The van der Waals surface area contributed by atoms with E-state index in [9.17, 15) is 14.9 Å². The van der Waals surface area contributed by atoms with Gasteiger partial charge in [0.15, 0.2) is 0 Å². The number of ether oxygens (including phenoxy) is 1. The molecule has 6 nitrogen and oxygen atoms in total. The Kier molecular flexibility index (Phi) is 2.83. The summed E-state index contributed by atoms with van der Waals surface area (Å²) in [5.41, 5.74) is 0.653. The number of fused-ring (bicyclic) bond motifs is 1. The summed E-state index contributed by atoms with van der Waals surface area (Å²) in [6.45, 7) is 0. The highest BCUT2D eigenvalue weighted by atomic mass is 16.6. The third kappa shape index (κ3) is 1.97. The van der Waals surface area contributed by atoms with Gasteiger partial charge in [-0.3, -0.25) is 14.9 Å². The molecule has 6 heteroatoms. The van der Waals surface area contributed by atoms with Crippen molar-refractivity contribution >= 4 is 11.6 Å². The van der Waals surface area contributed by atoms with Gasteiger partial charge in [-0.1, -0.05) is 24.3 Å². The van der Waals surface area contributed by atoms with Crippen LogP contribution >= 0.6 is 0 Å². The maximum absolute atomic E-state index is 12.0. The van der Waals surface area contributed by atoms with Crippen LogP contribution in [0.5, 0.6) is 5.75 Å². The lowest BCUT2D eigenvalue weighted by molar-refractivity contribution is -0.386. The molecule has 0 spiro atoms. The van der Waals surface area contributed by atoms with Gasteiger partial charge in [-0.2, -0.15) is 0 Å². The molecule has 0 radical (unpaired) electrons. The van der Waals surface area contributed by atoms with Crippen LogP contribution in [-0.2, 0) is 0 Å². The summed E-state index contributed by atoms with van der Waals surface area (Å²) in [5, 5.41) is 13.6. The van der Waals surface area contributed by atoms with E-state index in [1.54, 1.807) is 42.5 Å². The van der Waals surface area contributed by atoms with Crippen LogP contribution < -0.4 is 10.1 Å². The van der Waals surface area contributed by atoms with Crippen LogP contribution in [0.4, 0.5) is 5.69 Å². The van der Waals surface area contributed by atoms with Crippen molar-refractivity contribution < 1.29 is 14.5 Å². The topological polar surface area (TPSA) is 81.5 Å². The third-order valence-corrected chi connectivity index (χ3v) is 3.05. The molecule has 0 fully saturated rings. The second-order valence-corrected chi connectivity index (χ2v) is 4.28. The maximum Gasteiger partial charge on any atom is 0.278 e. The molecule has 0 bridgehead atoms. The molecule has 2 aromatic carbocycles. The van der Waals surface area contributed by atoms with E-state index in [0.717, 1.165) is 0 Å². The standard InChI is InChI=1S/C14H10N2O4/c17-13-10-6-2-4-8-12(10)20-14(15-13)9-5-1-3-7-11(9)16(18)19/h1-8,14H,(H,15,17). The lowest BCUT2D eigenvalue weighted by Gasteiger charge is -2.26. The molecular weight excluding hydrogens is 260 g/mol. The number of nitro groups is 1. The summed E-state index contributed by atoms with van der Waals surface area (Å²) >= 11 is 0. The number of hydrogen-bond acceptors (Lipinski definition) is 4. The van der Waals surface area contributed by atoms with E-state index >= 15 is 0 Å². The fourth-order valence-electron chi connectivity index (χ4n) is 2.13. The number of para-hydroxylation sites is 2. The molecule has 20 heavy (non-hydrogen) atoms. The van der Waals surface area contributed by atoms with Gasteiger partial charge in [0.05, 0.1) is 16.1 Å². The molecule has 0 saturated heterocycles. The van der Waals surface area contributed by atoms with Crippen LogP contribution in [0.15, 0.2) is 48.5 Å². The van der Waals surface area contributed by atoms with Crippen molar-refractivity contribution in [2.45, 2.75) is 6.23 Å². The van der Waals surface area contributed by atoms with Crippen LogP contribution in [0.3, 0.4) is 0 Å². The van der Waals surface area contributed by atoms with Gasteiger partial charge in [0.25, 0.3) is 11.6 Å². The summed E-state index contributed by atoms with van der Waals surface area (Å²) in [4.78, 5) is 22.5. The van der Waals surface area contributed by atoms with Crippen molar-refractivity contribution in [3.8, 4) is 5.75 Å². The van der Waals surface area contributed by atoms with E-state index < -0.39 is 11.2 Å². The van der Waals surface area contributed by atoms with Crippen LogP contribution in [0.1, 0.15) is 22.1 Å². The van der Waals surface area contributed by atoms with Crippen molar-refractivity contribution in [1.82, 2.24) is 5.32 Å². The lowest BCUT2D eigenvalue weighted by Crippen LogP contribution is -2.37. The number of carbonyl (C=O) groups excluding carboxylic acids is 1.